The van der Waals surface area contributed by atoms with Crippen LogP contribution in [0.5, 0.6) is 0 Å². The highest BCUT2D eigenvalue weighted by atomic mass is 35.5. The van der Waals surface area contributed by atoms with Crippen LogP contribution >= 0.6 is 22.9 Å². The molecule has 160 valence electrons. The number of pyridine rings is 1. The summed E-state index contributed by atoms with van der Waals surface area (Å²) in [6.07, 6.45) is 5.84. The number of nitrogens with one attached hydrogen (secondary N) is 2. The number of rotatable bonds is 6. The van der Waals surface area contributed by atoms with Gasteiger partial charge in [-0.3, -0.25) is 14.6 Å². The highest BCUT2D eigenvalue weighted by molar-refractivity contribution is 7.09. The molecule has 1 saturated carbocycles. The van der Waals surface area contributed by atoms with Crippen LogP contribution in [0.1, 0.15) is 33.3 Å². The van der Waals surface area contributed by atoms with Gasteiger partial charge >= 0.3 is 0 Å². The second-order valence-corrected chi connectivity index (χ2v) is 9.11. The zero-order valence-electron chi connectivity index (χ0n) is 16.9. The molecule has 1 aliphatic rings. The first-order chi connectivity index (χ1) is 15.6. The molecular formula is C24H19ClN4O2S. The van der Waals surface area contributed by atoms with Gasteiger partial charge in [0.05, 0.1) is 11.6 Å². The van der Waals surface area contributed by atoms with Crippen molar-refractivity contribution in [3.05, 3.63) is 87.6 Å². The van der Waals surface area contributed by atoms with Gasteiger partial charge < -0.3 is 10.6 Å². The van der Waals surface area contributed by atoms with Crippen LogP contribution in [0, 0.1) is 5.92 Å². The number of halogens is 1. The molecule has 2 aromatic carbocycles. The van der Waals surface area contributed by atoms with Crippen LogP contribution in [-0.2, 0) is 11.3 Å². The Balaban J connectivity index is 1.19. The average molecular weight is 463 g/mol. The van der Waals surface area contributed by atoms with Crippen molar-refractivity contribution >= 4 is 51.2 Å². The summed E-state index contributed by atoms with van der Waals surface area (Å²) in [6.45, 7) is 0.416. The molecule has 5 rings (SSSR count). The summed E-state index contributed by atoms with van der Waals surface area (Å²) >= 11 is 7.72. The molecule has 32 heavy (non-hydrogen) atoms. The lowest BCUT2D eigenvalue weighted by Gasteiger charge is -2.08. The number of aromatic nitrogens is 2. The summed E-state index contributed by atoms with van der Waals surface area (Å²) in [6, 6.07) is 13.1. The summed E-state index contributed by atoms with van der Waals surface area (Å²) in [4.78, 5) is 33.3. The first-order valence-electron chi connectivity index (χ1n) is 10.2. The van der Waals surface area contributed by atoms with Crippen molar-refractivity contribution < 1.29 is 9.59 Å². The summed E-state index contributed by atoms with van der Waals surface area (Å²) in [5.41, 5.74) is 2.37. The van der Waals surface area contributed by atoms with E-state index in [9.17, 15) is 9.59 Å². The largest absolute Gasteiger partial charge is 0.346 e. The van der Waals surface area contributed by atoms with E-state index in [1.165, 1.54) is 11.3 Å². The van der Waals surface area contributed by atoms with Crippen LogP contribution < -0.4 is 10.6 Å². The highest BCUT2D eigenvalue weighted by Gasteiger charge is 2.43. The van der Waals surface area contributed by atoms with Crippen LogP contribution in [-0.4, -0.2) is 21.8 Å². The van der Waals surface area contributed by atoms with Gasteiger partial charge in [-0.2, -0.15) is 0 Å². The van der Waals surface area contributed by atoms with E-state index in [1.807, 2.05) is 35.7 Å². The minimum Gasteiger partial charge on any atom is -0.346 e. The minimum atomic E-state index is -0.137. The number of anilines is 1. The van der Waals surface area contributed by atoms with Crippen molar-refractivity contribution in [2.75, 3.05) is 5.32 Å². The lowest BCUT2D eigenvalue weighted by molar-refractivity contribution is -0.117. The maximum absolute atomic E-state index is 12.7. The molecule has 0 saturated heterocycles. The summed E-state index contributed by atoms with van der Waals surface area (Å²) in [5.74, 6) is -0.0642. The Labute approximate surface area is 193 Å². The van der Waals surface area contributed by atoms with E-state index in [0.29, 0.717) is 22.8 Å². The number of hydrogen-bond donors (Lipinski definition) is 2. The van der Waals surface area contributed by atoms with Crippen molar-refractivity contribution in [3.8, 4) is 0 Å². The fourth-order valence-electron chi connectivity index (χ4n) is 3.77. The van der Waals surface area contributed by atoms with Crippen molar-refractivity contribution in [2.24, 2.45) is 5.92 Å². The third kappa shape index (κ3) is 4.35. The van der Waals surface area contributed by atoms with Gasteiger partial charge in [0.25, 0.3) is 5.91 Å². The lowest BCUT2D eigenvalue weighted by atomic mass is 10.1. The Morgan fingerprint density at radius 1 is 1.12 bits per heavy atom. The summed E-state index contributed by atoms with van der Waals surface area (Å²) in [7, 11) is 0. The monoisotopic (exact) mass is 462 g/mol. The maximum atomic E-state index is 12.7. The number of amides is 2. The van der Waals surface area contributed by atoms with E-state index >= 15 is 0 Å². The highest BCUT2D eigenvalue weighted by Crippen LogP contribution is 2.48. The molecule has 1 fully saturated rings. The predicted molar refractivity (Wildman–Crippen MR) is 126 cm³/mol. The van der Waals surface area contributed by atoms with E-state index < -0.39 is 0 Å². The first-order valence-corrected chi connectivity index (χ1v) is 11.4. The second-order valence-electron chi connectivity index (χ2n) is 7.73. The maximum Gasteiger partial charge on any atom is 0.251 e. The van der Waals surface area contributed by atoms with Crippen LogP contribution in [0.15, 0.2) is 66.4 Å². The Morgan fingerprint density at radius 3 is 2.75 bits per heavy atom. The number of hydrogen-bond acceptors (Lipinski definition) is 5. The minimum absolute atomic E-state index is 0.00945. The van der Waals surface area contributed by atoms with Crippen molar-refractivity contribution in [1.82, 2.24) is 15.3 Å². The van der Waals surface area contributed by atoms with Gasteiger partial charge in [0, 0.05) is 51.9 Å². The molecule has 0 unspecified atom stereocenters. The van der Waals surface area contributed by atoms with Crippen LogP contribution in [0.2, 0.25) is 5.02 Å². The first kappa shape index (κ1) is 20.6. The van der Waals surface area contributed by atoms with Crippen LogP contribution in [0.4, 0.5) is 5.69 Å². The number of fused-ring (bicyclic) bond motifs is 1. The average Bonchev–Trinajstić information content (AvgIpc) is 3.45. The standard InChI is InChI=1S/C24H19ClN4O2S/c25-21-12-26-11-16-5-6-17(9-19(16)21)29-24(31)20-10-18(20)14-1-3-15(4-2-14)23(30)28-13-22-27-7-8-32-22/h1-9,11-12,18,20H,10,13H2,(H,28,30)(H,29,31)/t18-,20+/m0/s1. The zero-order valence-corrected chi connectivity index (χ0v) is 18.5. The van der Waals surface area contributed by atoms with Gasteiger partial charge in [0.15, 0.2) is 0 Å². The van der Waals surface area contributed by atoms with Gasteiger partial charge in [0.1, 0.15) is 5.01 Å². The third-order valence-corrected chi connectivity index (χ3v) is 6.67. The number of nitrogens with zero attached hydrogens (tertiary/aromatic N) is 2. The Hall–Kier alpha value is -3.29. The van der Waals surface area contributed by atoms with Crippen molar-refractivity contribution in [2.45, 2.75) is 18.9 Å². The number of carbonyl (C=O) groups is 2. The molecule has 4 aromatic rings. The zero-order chi connectivity index (χ0) is 22.1. The molecule has 2 N–H and O–H groups in total. The molecule has 0 radical (unpaired) electrons. The molecule has 8 heteroatoms. The van der Waals surface area contributed by atoms with E-state index in [1.54, 1.807) is 30.7 Å². The summed E-state index contributed by atoms with van der Waals surface area (Å²) < 4.78 is 0. The van der Waals surface area contributed by atoms with E-state index in [0.717, 1.165) is 27.8 Å². The van der Waals surface area contributed by atoms with Crippen LogP contribution in [0.25, 0.3) is 10.8 Å². The molecule has 2 aromatic heterocycles. The SMILES string of the molecule is O=C(NCc1nccs1)c1ccc([C@@H]2C[C@H]2C(=O)Nc2ccc3cncc(Cl)c3c2)cc1. The van der Waals surface area contributed by atoms with Gasteiger partial charge in [-0.15, -0.1) is 11.3 Å². The van der Waals surface area contributed by atoms with Crippen LogP contribution in [0.3, 0.4) is 0 Å². The van der Waals surface area contributed by atoms with E-state index in [2.05, 4.69) is 20.6 Å². The van der Waals surface area contributed by atoms with Crippen molar-refractivity contribution in [3.63, 3.8) is 0 Å². The molecule has 2 atom stereocenters. The second kappa shape index (κ2) is 8.68. The van der Waals surface area contributed by atoms with E-state index in [4.69, 9.17) is 11.6 Å². The van der Waals surface area contributed by atoms with Crippen molar-refractivity contribution in [1.29, 1.82) is 0 Å². The Bertz CT molecular complexity index is 1290. The van der Waals surface area contributed by atoms with Gasteiger partial charge in [-0.05, 0) is 42.2 Å². The van der Waals surface area contributed by atoms with Gasteiger partial charge in [0.2, 0.25) is 5.91 Å². The lowest BCUT2D eigenvalue weighted by Crippen LogP contribution is -2.22. The fourth-order valence-corrected chi connectivity index (χ4v) is 4.55. The quantitative estimate of drug-likeness (QED) is 0.421. The molecule has 0 bridgehead atoms. The van der Waals surface area contributed by atoms with Gasteiger partial charge in [-0.1, -0.05) is 29.8 Å². The van der Waals surface area contributed by atoms with E-state index in [-0.39, 0.29) is 23.7 Å². The Kier molecular flexibility index (Phi) is 5.59. The van der Waals surface area contributed by atoms with Gasteiger partial charge in [-0.25, -0.2) is 4.98 Å². The molecule has 2 heterocycles. The molecule has 0 aliphatic heterocycles. The Morgan fingerprint density at radius 2 is 1.97 bits per heavy atom. The number of carbonyl (C=O) groups excluding carboxylic acids is 2. The molecule has 0 spiro atoms. The molecule has 2 amide bonds. The topological polar surface area (TPSA) is 84.0 Å². The predicted octanol–water partition coefficient (Wildman–Crippen LogP) is 5.02. The third-order valence-electron chi connectivity index (χ3n) is 5.59. The normalized spacial score (nSPS) is 17.2. The summed E-state index contributed by atoms with van der Waals surface area (Å²) in [5, 5.41) is 10.9. The number of thiazole rings is 1. The molecular weight excluding hydrogens is 444 g/mol. The smallest absolute Gasteiger partial charge is 0.251 e. The fraction of sp³-hybridized carbons (Fsp3) is 0.167. The molecule has 1 aliphatic carbocycles. The number of benzene rings is 2. The molecule has 6 nitrogen and oxygen atoms in total.